The molecule has 0 amide bonds. The Balaban J connectivity index is 2.02. The van der Waals surface area contributed by atoms with Crippen LogP contribution in [0.5, 0.6) is 5.06 Å². The number of benzene rings is 2. The molecule has 9 heteroatoms. The quantitative estimate of drug-likeness (QED) is 0.597. The summed E-state index contributed by atoms with van der Waals surface area (Å²) in [6.45, 7) is 1.47. The first-order chi connectivity index (χ1) is 12.8. The lowest BCUT2D eigenvalue weighted by Crippen LogP contribution is -2.15. The number of halogens is 1. The number of ether oxygens (including phenoxy) is 1. The lowest BCUT2D eigenvalue weighted by Gasteiger charge is -2.10. The number of anilines is 1. The fourth-order valence-electron chi connectivity index (χ4n) is 2.46. The predicted molar refractivity (Wildman–Crippen MR) is 100 cm³/mol. The summed E-state index contributed by atoms with van der Waals surface area (Å²) in [5, 5.41) is 8.82. The summed E-state index contributed by atoms with van der Waals surface area (Å²) in [6, 6.07) is 13.8. The summed E-state index contributed by atoms with van der Waals surface area (Å²) >= 11 is 0.993. The Labute approximate surface area is 158 Å². The summed E-state index contributed by atoms with van der Waals surface area (Å²) in [5.74, 6) is -0.553. The van der Waals surface area contributed by atoms with Gasteiger partial charge in [0.15, 0.2) is 0 Å². The number of thiophene rings is 1. The molecule has 0 spiro atoms. The first-order valence-corrected chi connectivity index (χ1v) is 9.95. The van der Waals surface area contributed by atoms with E-state index in [1.165, 1.54) is 13.0 Å². The molecule has 1 aromatic heterocycles. The van der Waals surface area contributed by atoms with Crippen molar-refractivity contribution in [1.29, 1.82) is 0 Å². The predicted octanol–water partition coefficient (Wildman–Crippen LogP) is 4.72. The zero-order chi connectivity index (χ0) is 19.6. The number of sulfonamides is 1. The van der Waals surface area contributed by atoms with Crippen LogP contribution in [0.15, 0.2) is 59.5 Å². The number of hydrogen-bond donors (Lipinski definition) is 2. The van der Waals surface area contributed by atoms with Crippen molar-refractivity contribution in [3.05, 3.63) is 66.0 Å². The van der Waals surface area contributed by atoms with E-state index in [2.05, 4.69) is 4.72 Å². The zero-order valence-electron chi connectivity index (χ0n) is 14.0. The molecule has 0 saturated heterocycles. The van der Waals surface area contributed by atoms with E-state index in [0.717, 1.165) is 35.1 Å². The highest BCUT2D eigenvalue weighted by Gasteiger charge is 2.22. The van der Waals surface area contributed by atoms with E-state index in [1.807, 2.05) is 6.07 Å². The molecule has 0 aliphatic heterocycles. The van der Waals surface area contributed by atoms with Crippen LogP contribution >= 0.6 is 11.3 Å². The molecule has 0 aliphatic carbocycles. The minimum atomic E-state index is -4.07. The number of nitrogens with one attached hydrogen (secondary N) is 1. The maximum absolute atomic E-state index is 13.3. The number of aryl methyl sites for hydroxylation is 1. The molecule has 0 radical (unpaired) electrons. The van der Waals surface area contributed by atoms with Gasteiger partial charge in [0.2, 0.25) is 5.06 Å². The van der Waals surface area contributed by atoms with E-state index in [1.54, 1.807) is 24.3 Å². The second-order valence-electron chi connectivity index (χ2n) is 5.56. The molecule has 1 heterocycles. The Bertz CT molecular complexity index is 1090. The van der Waals surface area contributed by atoms with Gasteiger partial charge >= 0.3 is 6.16 Å². The van der Waals surface area contributed by atoms with Crippen molar-refractivity contribution in [3.8, 4) is 15.5 Å². The number of rotatable bonds is 5. The molecular weight excluding hydrogens is 393 g/mol. The van der Waals surface area contributed by atoms with E-state index < -0.39 is 22.0 Å². The van der Waals surface area contributed by atoms with Gasteiger partial charge in [-0.1, -0.05) is 41.7 Å². The van der Waals surface area contributed by atoms with Gasteiger partial charge in [0, 0.05) is 4.88 Å². The van der Waals surface area contributed by atoms with Gasteiger partial charge in [0.05, 0.1) is 4.90 Å². The Morgan fingerprint density at radius 2 is 1.85 bits per heavy atom. The van der Waals surface area contributed by atoms with Crippen molar-refractivity contribution in [3.63, 3.8) is 0 Å². The van der Waals surface area contributed by atoms with Crippen LogP contribution in [-0.4, -0.2) is 19.7 Å². The van der Waals surface area contributed by atoms with Crippen molar-refractivity contribution >= 4 is 33.2 Å². The molecule has 0 unspecified atom stereocenters. The van der Waals surface area contributed by atoms with Crippen LogP contribution in [0.4, 0.5) is 14.9 Å². The van der Waals surface area contributed by atoms with E-state index in [-0.39, 0.29) is 21.2 Å². The number of carbonyl (C=O) groups is 1. The Morgan fingerprint density at radius 1 is 1.15 bits per heavy atom. The lowest BCUT2D eigenvalue weighted by atomic mass is 10.2. The van der Waals surface area contributed by atoms with Gasteiger partial charge in [-0.05, 0) is 42.3 Å². The molecule has 0 bridgehead atoms. The van der Waals surface area contributed by atoms with E-state index in [4.69, 9.17) is 9.84 Å². The maximum atomic E-state index is 13.3. The molecule has 2 N–H and O–H groups in total. The Morgan fingerprint density at radius 3 is 2.48 bits per heavy atom. The average Bonchev–Trinajstić information content (AvgIpc) is 2.96. The van der Waals surface area contributed by atoms with Gasteiger partial charge < -0.3 is 9.84 Å². The molecule has 0 aliphatic rings. The van der Waals surface area contributed by atoms with Gasteiger partial charge in [-0.3, -0.25) is 4.72 Å². The van der Waals surface area contributed by atoms with Crippen molar-refractivity contribution in [1.82, 2.24) is 0 Å². The molecule has 3 aromatic rings. The molecule has 140 valence electrons. The third-order valence-corrected chi connectivity index (χ3v) is 6.19. The summed E-state index contributed by atoms with van der Waals surface area (Å²) in [7, 11) is -4.07. The molecule has 0 fully saturated rings. The molecule has 2 aromatic carbocycles. The van der Waals surface area contributed by atoms with Gasteiger partial charge in [-0.15, -0.1) is 0 Å². The SMILES string of the molecule is Cc1cc(F)ccc1S(=O)(=O)Nc1cc(-c2ccccc2)sc1OC(=O)O. The van der Waals surface area contributed by atoms with E-state index in [9.17, 15) is 17.6 Å². The van der Waals surface area contributed by atoms with E-state index in [0.29, 0.717) is 4.88 Å². The Kier molecular flexibility index (Phi) is 5.15. The van der Waals surface area contributed by atoms with Gasteiger partial charge in [-0.2, -0.15) is 0 Å². The minimum Gasteiger partial charge on any atom is -0.449 e. The smallest absolute Gasteiger partial charge is 0.449 e. The molecular formula is C18H14FNO5S2. The second kappa shape index (κ2) is 7.37. The molecule has 3 rings (SSSR count). The standard InChI is InChI=1S/C18H14FNO5S2/c1-11-9-13(19)7-8-16(11)27(23,24)20-14-10-15(12-5-3-2-4-6-12)26-17(14)25-18(21)22/h2-10,20H,1H3,(H,21,22). The fourth-order valence-corrected chi connectivity index (χ4v) is 4.77. The monoisotopic (exact) mass is 407 g/mol. The summed E-state index contributed by atoms with van der Waals surface area (Å²) in [6.07, 6.45) is -1.56. The third kappa shape index (κ3) is 4.26. The van der Waals surface area contributed by atoms with Crippen LogP contribution in [0.3, 0.4) is 0 Å². The number of hydrogen-bond acceptors (Lipinski definition) is 5. The summed E-state index contributed by atoms with van der Waals surface area (Å²) < 4.78 is 45.7. The molecule has 0 saturated carbocycles. The fraction of sp³-hybridized carbons (Fsp3) is 0.0556. The van der Waals surface area contributed by atoms with Crippen molar-refractivity contribution in [2.45, 2.75) is 11.8 Å². The maximum Gasteiger partial charge on any atom is 0.512 e. The zero-order valence-corrected chi connectivity index (χ0v) is 15.6. The van der Waals surface area contributed by atoms with Crippen LogP contribution in [0.2, 0.25) is 0 Å². The highest BCUT2D eigenvalue weighted by molar-refractivity contribution is 7.92. The summed E-state index contributed by atoms with van der Waals surface area (Å²) in [5.41, 5.74) is 0.993. The number of carboxylic acid groups (broad SMARTS) is 1. The largest absolute Gasteiger partial charge is 0.512 e. The highest BCUT2D eigenvalue weighted by atomic mass is 32.2. The van der Waals surface area contributed by atoms with Gasteiger partial charge in [-0.25, -0.2) is 17.6 Å². The van der Waals surface area contributed by atoms with Crippen molar-refractivity contribution < 1.29 is 27.4 Å². The molecule has 27 heavy (non-hydrogen) atoms. The second-order valence-corrected chi connectivity index (χ2v) is 8.23. The first-order valence-electron chi connectivity index (χ1n) is 7.65. The van der Waals surface area contributed by atoms with Gasteiger partial charge in [0.25, 0.3) is 10.0 Å². The average molecular weight is 407 g/mol. The van der Waals surface area contributed by atoms with Crippen molar-refractivity contribution in [2.75, 3.05) is 4.72 Å². The first kappa shape index (κ1) is 18.9. The van der Waals surface area contributed by atoms with Crippen molar-refractivity contribution in [2.24, 2.45) is 0 Å². The highest BCUT2D eigenvalue weighted by Crippen LogP contribution is 2.42. The Hall–Kier alpha value is -2.91. The normalized spacial score (nSPS) is 11.2. The van der Waals surface area contributed by atoms with E-state index >= 15 is 0 Å². The molecule has 0 atom stereocenters. The van der Waals surface area contributed by atoms with Crippen LogP contribution < -0.4 is 9.46 Å². The van der Waals surface area contributed by atoms with Crippen LogP contribution in [-0.2, 0) is 10.0 Å². The molecule has 6 nitrogen and oxygen atoms in total. The third-order valence-electron chi connectivity index (χ3n) is 3.61. The van der Waals surface area contributed by atoms with Crippen LogP contribution in [0.1, 0.15) is 5.56 Å². The topological polar surface area (TPSA) is 92.7 Å². The van der Waals surface area contributed by atoms with Crippen LogP contribution in [0, 0.1) is 12.7 Å². The minimum absolute atomic E-state index is 0.00928. The summed E-state index contributed by atoms with van der Waals surface area (Å²) in [4.78, 5) is 11.5. The lowest BCUT2D eigenvalue weighted by molar-refractivity contribution is 0.146. The van der Waals surface area contributed by atoms with Gasteiger partial charge in [0.1, 0.15) is 11.5 Å². The van der Waals surface area contributed by atoms with Crippen LogP contribution in [0.25, 0.3) is 10.4 Å².